The highest BCUT2D eigenvalue weighted by atomic mass is 16.5. The van der Waals surface area contributed by atoms with Crippen LogP contribution < -0.4 is 5.73 Å². The molecule has 0 radical (unpaired) electrons. The monoisotopic (exact) mass is 191 g/mol. The van der Waals surface area contributed by atoms with Gasteiger partial charge in [0, 0.05) is 0 Å². The largest absolute Gasteiger partial charge is 0.452 e. The summed E-state index contributed by atoms with van der Waals surface area (Å²) in [5, 5.41) is 0. The van der Waals surface area contributed by atoms with Gasteiger partial charge in [0.25, 0.3) is 0 Å². The molecule has 0 bridgehead atoms. The van der Waals surface area contributed by atoms with Crippen LogP contribution in [0.5, 0.6) is 0 Å². The molecule has 3 heteroatoms. The zero-order valence-electron chi connectivity index (χ0n) is 7.85. The van der Waals surface area contributed by atoms with Crippen molar-refractivity contribution in [2.75, 3.05) is 6.54 Å². The topological polar surface area (TPSA) is 52.3 Å². The van der Waals surface area contributed by atoms with Crippen LogP contribution in [0.3, 0.4) is 0 Å². The molecule has 1 aromatic carbocycles. The molecule has 0 spiro atoms. The van der Waals surface area contributed by atoms with E-state index < -0.39 is 12.1 Å². The van der Waals surface area contributed by atoms with Gasteiger partial charge in [0.1, 0.15) is 6.10 Å². The maximum absolute atomic E-state index is 11.0. The van der Waals surface area contributed by atoms with Gasteiger partial charge in [-0.05, 0) is 11.6 Å². The number of benzene rings is 1. The zero-order valence-corrected chi connectivity index (χ0v) is 7.85. The first-order chi connectivity index (χ1) is 6.77. The Hall–Kier alpha value is -1.61. The maximum atomic E-state index is 11.0. The van der Waals surface area contributed by atoms with Gasteiger partial charge in [-0.25, -0.2) is 0 Å². The van der Waals surface area contributed by atoms with E-state index in [0.29, 0.717) is 0 Å². The van der Waals surface area contributed by atoms with Gasteiger partial charge in [0.2, 0.25) is 0 Å². The third-order valence-corrected chi connectivity index (χ3v) is 1.77. The predicted molar refractivity (Wildman–Crippen MR) is 54.5 cm³/mol. The number of esters is 1. The fourth-order valence-corrected chi connectivity index (χ4v) is 1.08. The minimum Gasteiger partial charge on any atom is -0.452 e. The summed E-state index contributed by atoms with van der Waals surface area (Å²) in [6, 6.07) is 9.39. The lowest BCUT2D eigenvalue weighted by molar-refractivity contribution is -0.145. The predicted octanol–water partition coefficient (Wildman–Crippen LogP) is 1.42. The normalized spacial score (nSPS) is 11.8. The molecule has 74 valence electrons. The number of rotatable bonds is 4. The third-order valence-electron chi connectivity index (χ3n) is 1.77. The summed E-state index contributed by atoms with van der Waals surface area (Å²) in [6.45, 7) is 3.49. The number of nitrogens with two attached hydrogens (primary N) is 1. The van der Waals surface area contributed by atoms with E-state index in [1.54, 1.807) is 6.08 Å². The van der Waals surface area contributed by atoms with Crippen LogP contribution in [0, 0.1) is 0 Å². The first-order valence-corrected chi connectivity index (χ1v) is 4.35. The van der Waals surface area contributed by atoms with Crippen LogP contribution in [0.25, 0.3) is 0 Å². The van der Waals surface area contributed by atoms with Crippen molar-refractivity contribution in [1.82, 2.24) is 0 Å². The molecule has 1 aromatic rings. The van der Waals surface area contributed by atoms with Crippen molar-refractivity contribution < 1.29 is 9.53 Å². The zero-order chi connectivity index (χ0) is 10.4. The Morgan fingerprint density at radius 2 is 2.14 bits per heavy atom. The maximum Gasteiger partial charge on any atom is 0.320 e. The summed E-state index contributed by atoms with van der Waals surface area (Å²) < 4.78 is 5.05. The molecule has 0 heterocycles. The lowest BCUT2D eigenvalue weighted by atomic mass is 10.1. The molecule has 0 aliphatic rings. The third kappa shape index (κ3) is 2.71. The lowest BCUT2D eigenvalue weighted by Crippen LogP contribution is -2.18. The van der Waals surface area contributed by atoms with Gasteiger partial charge >= 0.3 is 5.97 Å². The van der Waals surface area contributed by atoms with Gasteiger partial charge in [0.05, 0.1) is 6.54 Å². The van der Waals surface area contributed by atoms with E-state index in [1.807, 2.05) is 30.3 Å². The van der Waals surface area contributed by atoms with Crippen molar-refractivity contribution >= 4 is 5.97 Å². The van der Waals surface area contributed by atoms with Crippen molar-refractivity contribution in [3.8, 4) is 0 Å². The van der Waals surface area contributed by atoms with Crippen LogP contribution >= 0.6 is 0 Å². The molecule has 1 unspecified atom stereocenters. The number of hydrogen-bond donors (Lipinski definition) is 1. The van der Waals surface area contributed by atoms with Gasteiger partial charge in [-0.3, -0.25) is 4.79 Å². The molecule has 0 aliphatic heterocycles. The van der Waals surface area contributed by atoms with E-state index in [-0.39, 0.29) is 6.54 Å². The highest BCUT2D eigenvalue weighted by Gasteiger charge is 2.10. The molecule has 0 saturated carbocycles. The molecule has 0 fully saturated rings. The van der Waals surface area contributed by atoms with Crippen molar-refractivity contribution in [2.24, 2.45) is 5.73 Å². The molecule has 3 nitrogen and oxygen atoms in total. The van der Waals surface area contributed by atoms with Gasteiger partial charge in [-0.15, -0.1) is 0 Å². The number of hydrogen-bond acceptors (Lipinski definition) is 3. The van der Waals surface area contributed by atoms with Crippen molar-refractivity contribution in [3.05, 3.63) is 48.6 Å². The average molecular weight is 191 g/mol. The summed E-state index contributed by atoms with van der Waals surface area (Å²) in [5.41, 5.74) is 6.04. The van der Waals surface area contributed by atoms with Crippen molar-refractivity contribution in [3.63, 3.8) is 0 Å². The minimum absolute atomic E-state index is 0.114. The highest BCUT2D eigenvalue weighted by molar-refractivity contribution is 5.71. The van der Waals surface area contributed by atoms with Gasteiger partial charge < -0.3 is 10.5 Å². The first-order valence-electron chi connectivity index (χ1n) is 4.35. The van der Waals surface area contributed by atoms with Gasteiger partial charge in [-0.2, -0.15) is 0 Å². The highest BCUT2D eigenvalue weighted by Crippen LogP contribution is 2.17. The Bertz CT molecular complexity index is 308. The SMILES string of the molecule is C=CC(OC(=O)CN)c1ccccc1. The second-order valence-electron chi connectivity index (χ2n) is 2.76. The second-order valence-corrected chi connectivity index (χ2v) is 2.76. The number of ether oxygens (including phenoxy) is 1. The average Bonchev–Trinajstić information content (AvgIpc) is 2.26. The molecule has 1 atom stereocenters. The Balaban J connectivity index is 2.73. The van der Waals surface area contributed by atoms with Crippen molar-refractivity contribution in [2.45, 2.75) is 6.10 Å². The minimum atomic E-state index is -0.432. The smallest absolute Gasteiger partial charge is 0.320 e. The lowest BCUT2D eigenvalue weighted by Gasteiger charge is -2.13. The van der Waals surface area contributed by atoms with Crippen LogP contribution in [0.4, 0.5) is 0 Å². The molecule has 0 saturated heterocycles. The molecular weight excluding hydrogens is 178 g/mol. The molecule has 1 rings (SSSR count). The van der Waals surface area contributed by atoms with E-state index in [4.69, 9.17) is 10.5 Å². The van der Waals surface area contributed by atoms with E-state index in [9.17, 15) is 4.79 Å². The molecule has 0 aromatic heterocycles. The van der Waals surface area contributed by atoms with E-state index in [2.05, 4.69) is 6.58 Å². The standard InChI is InChI=1S/C11H13NO2/c1-2-10(14-11(13)8-12)9-6-4-3-5-7-9/h2-7,10H,1,8,12H2. The Morgan fingerprint density at radius 1 is 1.50 bits per heavy atom. The molecular formula is C11H13NO2. The Morgan fingerprint density at radius 3 is 2.64 bits per heavy atom. The summed E-state index contributed by atoms with van der Waals surface area (Å²) in [7, 11) is 0. The van der Waals surface area contributed by atoms with Crippen molar-refractivity contribution in [1.29, 1.82) is 0 Å². The van der Waals surface area contributed by atoms with Crippen LogP contribution in [0.1, 0.15) is 11.7 Å². The summed E-state index contributed by atoms with van der Waals surface area (Å²) in [4.78, 5) is 11.0. The molecule has 0 aliphatic carbocycles. The first kappa shape index (κ1) is 10.5. The Labute approximate surface area is 83.2 Å². The van der Waals surface area contributed by atoms with Crippen LogP contribution in [-0.2, 0) is 9.53 Å². The van der Waals surface area contributed by atoms with E-state index in [1.165, 1.54) is 0 Å². The van der Waals surface area contributed by atoms with Crippen LogP contribution in [0.2, 0.25) is 0 Å². The van der Waals surface area contributed by atoms with E-state index in [0.717, 1.165) is 5.56 Å². The van der Waals surface area contributed by atoms with Gasteiger partial charge in [-0.1, -0.05) is 36.9 Å². The number of carbonyl (C=O) groups excluding carboxylic acids is 1. The molecule has 2 N–H and O–H groups in total. The van der Waals surface area contributed by atoms with Crippen LogP contribution in [-0.4, -0.2) is 12.5 Å². The number of carbonyl (C=O) groups is 1. The molecule has 0 amide bonds. The van der Waals surface area contributed by atoms with Crippen LogP contribution in [0.15, 0.2) is 43.0 Å². The summed E-state index contributed by atoms with van der Waals surface area (Å²) in [6.07, 6.45) is 1.16. The van der Waals surface area contributed by atoms with Gasteiger partial charge in [0.15, 0.2) is 0 Å². The Kier molecular flexibility index (Phi) is 3.88. The van der Waals surface area contributed by atoms with E-state index >= 15 is 0 Å². The summed E-state index contributed by atoms with van der Waals surface area (Å²) in [5.74, 6) is -0.432. The summed E-state index contributed by atoms with van der Waals surface area (Å²) >= 11 is 0. The second kappa shape index (κ2) is 5.19. The molecule has 14 heavy (non-hydrogen) atoms. The quantitative estimate of drug-likeness (QED) is 0.578. The fourth-order valence-electron chi connectivity index (χ4n) is 1.08. The fraction of sp³-hybridized carbons (Fsp3) is 0.182.